The van der Waals surface area contributed by atoms with E-state index in [1.54, 1.807) is 20.8 Å². The number of rotatable bonds is 7. The molecular weight excluding hydrogens is 268 g/mol. The summed E-state index contributed by atoms with van der Waals surface area (Å²) in [5.41, 5.74) is 0.725. The monoisotopic (exact) mass is 292 g/mol. The van der Waals surface area contributed by atoms with E-state index in [0.29, 0.717) is 6.54 Å². The summed E-state index contributed by atoms with van der Waals surface area (Å²) in [6, 6.07) is 5.79. The van der Waals surface area contributed by atoms with Crippen molar-refractivity contribution < 1.29 is 14.3 Å². The first-order valence-corrected chi connectivity index (χ1v) is 7.09. The van der Waals surface area contributed by atoms with Crippen molar-refractivity contribution in [3.8, 4) is 0 Å². The van der Waals surface area contributed by atoms with E-state index in [2.05, 4.69) is 4.98 Å². The maximum absolute atomic E-state index is 12.3. The highest BCUT2D eigenvalue weighted by Gasteiger charge is 2.37. The van der Waals surface area contributed by atoms with Crippen molar-refractivity contribution in [2.45, 2.75) is 34.2 Å². The number of ether oxygens (including phenoxy) is 1. The molecule has 1 heterocycles. The minimum absolute atomic E-state index is 0.156. The van der Waals surface area contributed by atoms with Gasteiger partial charge in [0, 0.05) is 12.2 Å². The number of aryl methyl sites for hydroxylation is 1. The van der Waals surface area contributed by atoms with Crippen LogP contribution in [0.3, 0.4) is 0 Å². The Kier molecular flexibility index (Phi) is 6.03. The summed E-state index contributed by atoms with van der Waals surface area (Å²) < 4.78 is 4.95. The number of aromatic nitrogens is 1. The summed E-state index contributed by atoms with van der Waals surface area (Å²) >= 11 is 0. The fraction of sp³-hybridized carbons (Fsp3) is 0.562. The molecule has 0 aliphatic carbocycles. The van der Waals surface area contributed by atoms with Gasteiger partial charge in [-0.05, 0) is 46.9 Å². The standard InChI is InChI=1S/C16H24N2O3/c1-6-21-15(20)16(3,4)14(19)11-18(5)10-13-9-7-8-12(2)17-13/h7-9H,6,10-11H2,1-5H3. The predicted octanol–water partition coefficient (Wildman–Crippen LogP) is 1.98. The van der Waals surface area contributed by atoms with Crippen molar-refractivity contribution in [1.29, 1.82) is 0 Å². The lowest BCUT2D eigenvalue weighted by atomic mass is 9.88. The van der Waals surface area contributed by atoms with Crippen LogP contribution in [0.5, 0.6) is 0 Å². The molecule has 0 fully saturated rings. The number of carbonyl (C=O) groups excluding carboxylic acids is 2. The number of hydrogen-bond donors (Lipinski definition) is 0. The normalized spacial score (nSPS) is 11.5. The fourth-order valence-corrected chi connectivity index (χ4v) is 1.89. The summed E-state index contributed by atoms with van der Waals surface area (Å²) in [6.07, 6.45) is 0. The molecule has 0 aromatic carbocycles. The molecule has 0 saturated carbocycles. The Morgan fingerprint density at radius 3 is 2.57 bits per heavy atom. The molecule has 0 atom stereocenters. The Bertz CT molecular complexity index is 512. The Hall–Kier alpha value is -1.75. The van der Waals surface area contributed by atoms with E-state index < -0.39 is 11.4 Å². The molecule has 0 spiro atoms. The van der Waals surface area contributed by atoms with Gasteiger partial charge in [0.1, 0.15) is 5.41 Å². The number of hydrogen-bond acceptors (Lipinski definition) is 5. The average molecular weight is 292 g/mol. The van der Waals surface area contributed by atoms with Crippen LogP contribution in [0.2, 0.25) is 0 Å². The molecule has 1 rings (SSSR count). The maximum Gasteiger partial charge on any atom is 0.319 e. The Labute approximate surface area is 126 Å². The van der Waals surface area contributed by atoms with Crippen LogP contribution < -0.4 is 0 Å². The van der Waals surface area contributed by atoms with E-state index in [-0.39, 0.29) is 18.9 Å². The summed E-state index contributed by atoms with van der Waals surface area (Å²) in [5, 5.41) is 0. The van der Waals surface area contributed by atoms with Gasteiger partial charge in [0.25, 0.3) is 0 Å². The number of carbonyl (C=O) groups is 2. The van der Waals surface area contributed by atoms with Crippen molar-refractivity contribution in [1.82, 2.24) is 9.88 Å². The van der Waals surface area contributed by atoms with Crippen molar-refractivity contribution >= 4 is 11.8 Å². The Morgan fingerprint density at radius 2 is 2.00 bits per heavy atom. The molecule has 0 amide bonds. The third-order valence-electron chi connectivity index (χ3n) is 3.27. The highest BCUT2D eigenvalue weighted by Crippen LogP contribution is 2.19. The highest BCUT2D eigenvalue weighted by molar-refractivity contribution is 6.03. The van der Waals surface area contributed by atoms with Crippen molar-refractivity contribution in [3.63, 3.8) is 0 Å². The number of Topliss-reactive ketones (excluding diaryl/α,β-unsaturated/α-hetero) is 1. The van der Waals surface area contributed by atoms with E-state index in [0.717, 1.165) is 11.4 Å². The zero-order valence-electron chi connectivity index (χ0n) is 13.5. The quantitative estimate of drug-likeness (QED) is 0.568. The van der Waals surface area contributed by atoms with Crippen LogP contribution in [-0.2, 0) is 20.9 Å². The molecule has 1 aromatic heterocycles. The van der Waals surface area contributed by atoms with Gasteiger partial charge in [-0.1, -0.05) is 6.07 Å². The lowest BCUT2D eigenvalue weighted by Crippen LogP contribution is -2.41. The zero-order chi connectivity index (χ0) is 16.0. The van der Waals surface area contributed by atoms with Gasteiger partial charge in [0.05, 0.1) is 18.8 Å². The number of ketones is 1. The summed E-state index contributed by atoms with van der Waals surface area (Å²) in [4.78, 5) is 30.4. The molecule has 0 N–H and O–H groups in total. The average Bonchev–Trinajstić information content (AvgIpc) is 2.38. The number of esters is 1. The molecule has 116 valence electrons. The van der Waals surface area contributed by atoms with Crippen LogP contribution in [0.4, 0.5) is 0 Å². The maximum atomic E-state index is 12.3. The second-order valence-electron chi connectivity index (χ2n) is 5.71. The second kappa shape index (κ2) is 7.31. The Morgan fingerprint density at radius 1 is 1.33 bits per heavy atom. The molecule has 5 heteroatoms. The van der Waals surface area contributed by atoms with E-state index in [4.69, 9.17) is 4.74 Å². The van der Waals surface area contributed by atoms with Crippen LogP contribution in [0.15, 0.2) is 18.2 Å². The molecule has 1 aromatic rings. The van der Waals surface area contributed by atoms with Gasteiger partial charge < -0.3 is 4.74 Å². The number of pyridine rings is 1. The van der Waals surface area contributed by atoms with Crippen LogP contribution in [0, 0.1) is 12.3 Å². The summed E-state index contributed by atoms with van der Waals surface area (Å²) in [5.74, 6) is -0.631. The number of nitrogens with zero attached hydrogens (tertiary/aromatic N) is 2. The third-order valence-corrected chi connectivity index (χ3v) is 3.27. The molecule has 0 saturated heterocycles. The molecule has 0 bridgehead atoms. The summed E-state index contributed by atoms with van der Waals surface area (Å²) in [7, 11) is 1.84. The van der Waals surface area contributed by atoms with Crippen LogP contribution in [0.1, 0.15) is 32.2 Å². The van der Waals surface area contributed by atoms with E-state index >= 15 is 0 Å². The van der Waals surface area contributed by atoms with Crippen molar-refractivity contribution in [3.05, 3.63) is 29.6 Å². The van der Waals surface area contributed by atoms with Gasteiger partial charge in [-0.3, -0.25) is 19.5 Å². The minimum Gasteiger partial charge on any atom is -0.465 e. The topological polar surface area (TPSA) is 59.5 Å². The van der Waals surface area contributed by atoms with Crippen LogP contribution in [0.25, 0.3) is 0 Å². The predicted molar refractivity (Wildman–Crippen MR) is 80.7 cm³/mol. The van der Waals surface area contributed by atoms with Gasteiger partial charge in [-0.2, -0.15) is 0 Å². The molecule has 5 nitrogen and oxygen atoms in total. The van der Waals surface area contributed by atoms with E-state index in [1.165, 1.54) is 0 Å². The van der Waals surface area contributed by atoms with Gasteiger partial charge in [0.2, 0.25) is 0 Å². The molecule has 0 aliphatic heterocycles. The first-order chi connectivity index (χ1) is 9.77. The zero-order valence-corrected chi connectivity index (χ0v) is 13.5. The van der Waals surface area contributed by atoms with E-state index in [9.17, 15) is 9.59 Å². The third kappa shape index (κ3) is 4.93. The second-order valence-corrected chi connectivity index (χ2v) is 5.71. The molecular formula is C16H24N2O3. The summed E-state index contributed by atoms with van der Waals surface area (Å²) in [6.45, 7) is 7.89. The highest BCUT2D eigenvalue weighted by atomic mass is 16.5. The molecule has 0 aliphatic rings. The molecule has 0 unspecified atom stereocenters. The first-order valence-electron chi connectivity index (χ1n) is 7.09. The smallest absolute Gasteiger partial charge is 0.319 e. The van der Waals surface area contributed by atoms with Gasteiger partial charge in [-0.15, -0.1) is 0 Å². The first kappa shape index (κ1) is 17.3. The lowest BCUT2D eigenvalue weighted by molar-refractivity contribution is -0.158. The van der Waals surface area contributed by atoms with Gasteiger partial charge in [0.15, 0.2) is 5.78 Å². The molecule has 21 heavy (non-hydrogen) atoms. The van der Waals surface area contributed by atoms with E-state index in [1.807, 2.05) is 37.1 Å². The van der Waals surface area contributed by atoms with Crippen LogP contribution in [-0.4, -0.2) is 41.8 Å². The lowest BCUT2D eigenvalue weighted by Gasteiger charge is -2.24. The SMILES string of the molecule is CCOC(=O)C(C)(C)C(=O)CN(C)Cc1cccc(C)n1. The van der Waals surface area contributed by atoms with Gasteiger partial charge in [-0.25, -0.2) is 0 Å². The molecule has 0 radical (unpaired) electrons. The Balaban J connectivity index is 2.63. The largest absolute Gasteiger partial charge is 0.465 e. The van der Waals surface area contributed by atoms with Crippen molar-refractivity contribution in [2.75, 3.05) is 20.2 Å². The number of likely N-dealkylation sites (N-methyl/N-ethyl adjacent to an activating group) is 1. The minimum atomic E-state index is -1.12. The van der Waals surface area contributed by atoms with Crippen LogP contribution >= 0.6 is 0 Å². The van der Waals surface area contributed by atoms with Crippen molar-refractivity contribution in [2.24, 2.45) is 5.41 Å². The van der Waals surface area contributed by atoms with Gasteiger partial charge >= 0.3 is 5.97 Å². The fourth-order valence-electron chi connectivity index (χ4n) is 1.89.